The third-order valence-electron chi connectivity index (χ3n) is 3.90. The van der Waals surface area contributed by atoms with Crippen LogP contribution in [0.2, 0.25) is 0 Å². The quantitative estimate of drug-likeness (QED) is 0.782. The van der Waals surface area contributed by atoms with Gasteiger partial charge in [-0.2, -0.15) is 5.26 Å². The molecular weight excluding hydrogens is 266 g/mol. The van der Waals surface area contributed by atoms with Crippen LogP contribution in [0.1, 0.15) is 26.3 Å². The zero-order valence-electron chi connectivity index (χ0n) is 12.8. The van der Waals surface area contributed by atoms with Gasteiger partial charge in [0.25, 0.3) is 0 Å². The van der Waals surface area contributed by atoms with Crippen LogP contribution in [-0.4, -0.2) is 42.9 Å². The van der Waals surface area contributed by atoms with Gasteiger partial charge in [0.1, 0.15) is 6.07 Å². The third-order valence-corrected chi connectivity index (χ3v) is 4.69. The SMILES string of the molecule is CSc1cccc(N2CCN(C(C)(C)C)CC2)c1C#N. The summed E-state index contributed by atoms with van der Waals surface area (Å²) >= 11 is 1.64. The van der Waals surface area contributed by atoms with E-state index in [4.69, 9.17) is 0 Å². The van der Waals surface area contributed by atoms with E-state index in [1.54, 1.807) is 11.8 Å². The van der Waals surface area contributed by atoms with Crippen LogP contribution in [0.5, 0.6) is 0 Å². The molecule has 0 unspecified atom stereocenters. The average molecular weight is 289 g/mol. The van der Waals surface area contributed by atoms with Crippen LogP contribution in [0.4, 0.5) is 5.69 Å². The van der Waals surface area contributed by atoms with E-state index in [9.17, 15) is 5.26 Å². The molecule has 0 radical (unpaired) electrons. The minimum absolute atomic E-state index is 0.227. The van der Waals surface area contributed by atoms with Crippen molar-refractivity contribution in [1.82, 2.24) is 4.90 Å². The molecule has 0 amide bonds. The lowest BCUT2D eigenvalue weighted by Crippen LogP contribution is -2.53. The first-order valence-electron chi connectivity index (χ1n) is 7.04. The topological polar surface area (TPSA) is 30.3 Å². The zero-order valence-corrected chi connectivity index (χ0v) is 13.6. The number of hydrogen-bond acceptors (Lipinski definition) is 4. The highest BCUT2D eigenvalue weighted by atomic mass is 32.2. The molecule has 1 aromatic carbocycles. The molecule has 0 aliphatic carbocycles. The molecule has 1 heterocycles. The standard InChI is InChI=1S/C16H23N3S/c1-16(2,3)19-10-8-18(9-11-19)14-6-5-7-15(20-4)13(14)12-17/h5-7H,8-11H2,1-4H3. The van der Waals surface area contributed by atoms with Gasteiger partial charge in [-0.25, -0.2) is 0 Å². The first-order chi connectivity index (χ1) is 9.47. The Morgan fingerprint density at radius 2 is 1.80 bits per heavy atom. The fraction of sp³-hybridized carbons (Fsp3) is 0.562. The molecule has 1 fully saturated rings. The Morgan fingerprint density at radius 1 is 1.15 bits per heavy atom. The Bertz CT molecular complexity index is 505. The molecule has 0 atom stereocenters. The maximum Gasteiger partial charge on any atom is 0.103 e. The van der Waals surface area contributed by atoms with Crippen molar-refractivity contribution in [3.8, 4) is 6.07 Å². The van der Waals surface area contributed by atoms with Gasteiger partial charge in [-0.05, 0) is 39.2 Å². The second-order valence-electron chi connectivity index (χ2n) is 6.11. The van der Waals surface area contributed by atoms with E-state index in [1.165, 1.54) is 0 Å². The molecule has 1 aromatic rings. The van der Waals surface area contributed by atoms with E-state index in [0.29, 0.717) is 0 Å². The van der Waals surface area contributed by atoms with Crippen molar-refractivity contribution >= 4 is 17.4 Å². The van der Waals surface area contributed by atoms with Crippen molar-refractivity contribution < 1.29 is 0 Å². The summed E-state index contributed by atoms with van der Waals surface area (Å²) in [4.78, 5) is 5.93. The van der Waals surface area contributed by atoms with Gasteiger partial charge in [-0.1, -0.05) is 6.07 Å². The normalized spacial score (nSPS) is 17.1. The molecule has 1 saturated heterocycles. The zero-order chi connectivity index (χ0) is 14.8. The maximum atomic E-state index is 9.44. The van der Waals surface area contributed by atoms with E-state index in [2.05, 4.69) is 48.8 Å². The van der Waals surface area contributed by atoms with E-state index in [1.807, 2.05) is 12.3 Å². The molecule has 108 valence electrons. The molecule has 0 bridgehead atoms. The van der Waals surface area contributed by atoms with E-state index in [0.717, 1.165) is 42.3 Å². The molecule has 2 rings (SSSR count). The largest absolute Gasteiger partial charge is 0.368 e. The van der Waals surface area contributed by atoms with Crippen LogP contribution in [0.15, 0.2) is 23.1 Å². The van der Waals surface area contributed by atoms with Crippen molar-refractivity contribution in [3.05, 3.63) is 23.8 Å². The summed E-state index contributed by atoms with van der Waals surface area (Å²) in [6.07, 6.45) is 2.03. The van der Waals surface area contributed by atoms with Gasteiger partial charge in [0, 0.05) is 36.6 Å². The lowest BCUT2D eigenvalue weighted by Gasteiger charge is -2.43. The fourth-order valence-electron chi connectivity index (χ4n) is 2.68. The van der Waals surface area contributed by atoms with Crippen LogP contribution in [0, 0.1) is 11.3 Å². The van der Waals surface area contributed by atoms with Crippen molar-refractivity contribution in [2.24, 2.45) is 0 Å². The first kappa shape index (κ1) is 15.2. The predicted molar refractivity (Wildman–Crippen MR) is 86.5 cm³/mol. The van der Waals surface area contributed by atoms with Gasteiger partial charge in [-0.15, -0.1) is 11.8 Å². The predicted octanol–water partition coefficient (Wildman–Crippen LogP) is 3.20. The molecular formula is C16H23N3S. The lowest BCUT2D eigenvalue weighted by atomic mass is 10.0. The lowest BCUT2D eigenvalue weighted by molar-refractivity contribution is 0.128. The van der Waals surface area contributed by atoms with Crippen LogP contribution < -0.4 is 4.90 Å². The molecule has 3 nitrogen and oxygen atoms in total. The summed E-state index contributed by atoms with van der Waals surface area (Å²) in [6.45, 7) is 10.9. The van der Waals surface area contributed by atoms with Crippen LogP contribution in [-0.2, 0) is 0 Å². The number of hydrogen-bond donors (Lipinski definition) is 0. The van der Waals surface area contributed by atoms with Gasteiger partial charge >= 0.3 is 0 Å². The van der Waals surface area contributed by atoms with Gasteiger partial charge in [0.15, 0.2) is 0 Å². The highest BCUT2D eigenvalue weighted by Gasteiger charge is 2.26. The van der Waals surface area contributed by atoms with Crippen molar-refractivity contribution in [2.75, 3.05) is 37.3 Å². The van der Waals surface area contributed by atoms with Crippen molar-refractivity contribution in [1.29, 1.82) is 5.26 Å². The van der Waals surface area contributed by atoms with E-state index < -0.39 is 0 Å². The Kier molecular flexibility index (Phi) is 4.62. The molecule has 1 aliphatic rings. The van der Waals surface area contributed by atoms with E-state index in [-0.39, 0.29) is 5.54 Å². The first-order valence-corrected chi connectivity index (χ1v) is 8.27. The summed E-state index contributed by atoms with van der Waals surface area (Å²) in [7, 11) is 0. The number of thioether (sulfide) groups is 1. The molecule has 1 aliphatic heterocycles. The number of rotatable bonds is 2. The van der Waals surface area contributed by atoms with Gasteiger partial charge < -0.3 is 4.90 Å². The number of anilines is 1. The smallest absolute Gasteiger partial charge is 0.103 e. The van der Waals surface area contributed by atoms with Gasteiger partial charge in [-0.3, -0.25) is 4.90 Å². The Labute approximate surface area is 126 Å². The summed E-state index contributed by atoms with van der Waals surface area (Å²) in [5.41, 5.74) is 2.14. The molecule has 0 aromatic heterocycles. The number of nitrogens with zero attached hydrogens (tertiary/aromatic N) is 3. The summed E-state index contributed by atoms with van der Waals surface area (Å²) < 4.78 is 0. The van der Waals surface area contributed by atoms with E-state index >= 15 is 0 Å². The molecule has 0 saturated carbocycles. The number of piperazine rings is 1. The second-order valence-corrected chi connectivity index (χ2v) is 6.96. The number of nitriles is 1. The minimum Gasteiger partial charge on any atom is -0.368 e. The summed E-state index contributed by atoms with van der Waals surface area (Å²) in [6, 6.07) is 8.53. The van der Waals surface area contributed by atoms with Crippen LogP contribution in [0.25, 0.3) is 0 Å². The summed E-state index contributed by atoms with van der Waals surface area (Å²) in [5, 5.41) is 9.44. The third kappa shape index (κ3) is 3.11. The Hall–Kier alpha value is -1.18. The monoisotopic (exact) mass is 289 g/mol. The van der Waals surface area contributed by atoms with Crippen molar-refractivity contribution in [3.63, 3.8) is 0 Å². The highest BCUT2D eigenvalue weighted by Crippen LogP contribution is 2.30. The van der Waals surface area contributed by atoms with Crippen LogP contribution >= 0.6 is 11.8 Å². The molecule has 0 spiro atoms. The van der Waals surface area contributed by atoms with Crippen LogP contribution in [0.3, 0.4) is 0 Å². The fourth-order valence-corrected chi connectivity index (χ4v) is 3.25. The van der Waals surface area contributed by atoms with Gasteiger partial charge in [0.2, 0.25) is 0 Å². The number of benzene rings is 1. The highest BCUT2D eigenvalue weighted by molar-refractivity contribution is 7.98. The van der Waals surface area contributed by atoms with Gasteiger partial charge in [0.05, 0.1) is 11.3 Å². The molecule has 0 N–H and O–H groups in total. The molecule has 4 heteroatoms. The van der Waals surface area contributed by atoms with Crippen molar-refractivity contribution in [2.45, 2.75) is 31.2 Å². The Morgan fingerprint density at radius 3 is 2.30 bits per heavy atom. The second kappa shape index (κ2) is 6.07. The molecule has 20 heavy (non-hydrogen) atoms. The maximum absolute atomic E-state index is 9.44. The minimum atomic E-state index is 0.227. The Balaban J connectivity index is 2.18. The average Bonchev–Trinajstić information content (AvgIpc) is 2.45. The summed E-state index contributed by atoms with van der Waals surface area (Å²) in [5.74, 6) is 0.